The van der Waals surface area contributed by atoms with Crippen LogP contribution in [0.25, 0.3) is 0 Å². The molecule has 128 valence electrons. The normalized spacial score (nSPS) is 11.8. The highest BCUT2D eigenvalue weighted by molar-refractivity contribution is 7.99. The molecule has 0 radical (unpaired) electrons. The SMILES string of the molecule is Cc1ccc(OC[C@@H](C)NC(=O)CSCc2ccc(Cl)cc2)cc1. The van der Waals surface area contributed by atoms with Gasteiger partial charge >= 0.3 is 0 Å². The summed E-state index contributed by atoms with van der Waals surface area (Å²) in [5.41, 5.74) is 2.36. The van der Waals surface area contributed by atoms with E-state index < -0.39 is 0 Å². The summed E-state index contributed by atoms with van der Waals surface area (Å²) >= 11 is 7.43. The maximum atomic E-state index is 11.9. The van der Waals surface area contributed by atoms with E-state index in [0.717, 1.165) is 22.1 Å². The fraction of sp³-hybridized carbons (Fsp3) is 0.316. The van der Waals surface area contributed by atoms with Crippen molar-refractivity contribution in [3.05, 3.63) is 64.7 Å². The van der Waals surface area contributed by atoms with Crippen molar-refractivity contribution in [3.8, 4) is 5.75 Å². The van der Waals surface area contributed by atoms with Gasteiger partial charge in [-0.2, -0.15) is 0 Å². The van der Waals surface area contributed by atoms with Crippen LogP contribution in [-0.4, -0.2) is 24.3 Å². The average molecular weight is 364 g/mol. The molecule has 2 rings (SSSR count). The minimum Gasteiger partial charge on any atom is -0.491 e. The number of ether oxygens (including phenoxy) is 1. The van der Waals surface area contributed by atoms with Gasteiger partial charge in [-0.05, 0) is 43.7 Å². The van der Waals surface area contributed by atoms with Crippen molar-refractivity contribution >= 4 is 29.3 Å². The quantitative estimate of drug-likeness (QED) is 0.752. The summed E-state index contributed by atoms with van der Waals surface area (Å²) in [6.07, 6.45) is 0. The van der Waals surface area contributed by atoms with E-state index in [0.29, 0.717) is 12.4 Å². The summed E-state index contributed by atoms with van der Waals surface area (Å²) in [4.78, 5) is 11.9. The molecule has 0 unspecified atom stereocenters. The number of hydrogen-bond donors (Lipinski definition) is 1. The molecule has 0 aromatic heterocycles. The van der Waals surface area contributed by atoms with Crippen LogP contribution < -0.4 is 10.1 Å². The first-order valence-electron chi connectivity index (χ1n) is 7.84. The van der Waals surface area contributed by atoms with E-state index in [1.165, 1.54) is 5.56 Å². The highest BCUT2D eigenvalue weighted by atomic mass is 35.5. The summed E-state index contributed by atoms with van der Waals surface area (Å²) in [5.74, 6) is 2.06. The fourth-order valence-corrected chi connectivity index (χ4v) is 2.98. The Kier molecular flexibility index (Phi) is 7.47. The molecule has 1 amide bonds. The smallest absolute Gasteiger partial charge is 0.230 e. The molecule has 5 heteroatoms. The van der Waals surface area contributed by atoms with Gasteiger partial charge in [0.25, 0.3) is 0 Å². The lowest BCUT2D eigenvalue weighted by atomic mass is 10.2. The summed E-state index contributed by atoms with van der Waals surface area (Å²) in [6.45, 7) is 4.43. The summed E-state index contributed by atoms with van der Waals surface area (Å²) in [6, 6.07) is 15.5. The molecule has 0 bridgehead atoms. The second-order valence-corrected chi connectivity index (χ2v) is 7.13. The summed E-state index contributed by atoms with van der Waals surface area (Å²) in [5, 5.41) is 3.68. The topological polar surface area (TPSA) is 38.3 Å². The molecule has 0 aliphatic heterocycles. The van der Waals surface area contributed by atoms with Crippen LogP contribution in [0.4, 0.5) is 0 Å². The zero-order chi connectivity index (χ0) is 17.4. The van der Waals surface area contributed by atoms with Crippen molar-refractivity contribution in [1.29, 1.82) is 0 Å². The Morgan fingerprint density at radius 3 is 2.50 bits per heavy atom. The molecule has 0 spiro atoms. The zero-order valence-electron chi connectivity index (χ0n) is 13.9. The minimum absolute atomic E-state index is 0.0222. The van der Waals surface area contributed by atoms with E-state index in [9.17, 15) is 4.79 Å². The summed E-state index contributed by atoms with van der Waals surface area (Å²) in [7, 11) is 0. The molecule has 0 saturated carbocycles. The van der Waals surface area contributed by atoms with Crippen LogP contribution in [0.3, 0.4) is 0 Å². The number of thioether (sulfide) groups is 1. The van der Waals surface area contributed by atoms with E-state index in [1.807, 2.05) is 62.4 Å². The molecule has 0 fully saturated rings. The van der Waals surface area contributed by atoms with Crippen molar-refractivity contribution in [2.24, 2.45) is 0 Å². The molecule has 0 saturated heterocycles. The van der Waals surface area contributed by atoms with E-state index in [2.05, 4.69) is 5.32 Å². The number of benzene rings is 2. The third-order valence-electron chi connectivity index (χ3n) is 3.34. The van der Waals surface area contributed by atoms with Crippen LogP contribution in [0.1, 0.15) is 18.1 Å². The second kappa shape index (κ2) is 9.60. The molecule has 3 nitrogen and oxygen atoms in total. The Morgan fingerprint density at radius 1 is 1.17 bits per heavy atom. The Bertz CT molecular complexity index is 643. The number of hydrogen-bond acceptors (Lipinski definition) is 3. The van der Waals surface area contributed by atoms with E-state index >= 15 is 0 Å². The predicted octanol–water partition coefficient (Wildman–Crippen LogP) is 4.47. The van der Waals surface area contributed by atoms with Gasteiger partial charge in [0.05, 0.1) is 11.8 Å². The molecule has 0 aliphatic carbocycles. The van der Waals surface area contributed by atoms with Crippen molar-refractivity contribution < 1.29 is 9.53 Å². The van der Waals surface area contributed by atoms with Crippen molar-refractivity contribution in [1.82, 2.24) is 5.32 Å². The molecule has 1 atom stereocenters. The molecular weight excluding hydrogens is 342 g/mol. The van der Waals surface area contributed by atoms with E-state index in [4.69, 9.17) is 16.3 Å². The maximum absolute atomic E-state index is 11.9. The lowest BCUT2D eigenvalue weighted by Gasteiger charge is -2.15. The highest BCUT2D eigenvalue weighted by Crippen LogP contribution is 2.15. The van der Waals surface area contributed by atoms with Gasteiger partial charge in [-0.1, -0.05) is 41.4 Å². The van der Waals surface area contributed by atoms with Gasteiger partial charge in [0, 0.05) is 10.8 Å². The molecular formula is C19H22ClNO2S. The van der Waals surface area contributed by atoms with Gasteiger partial charge in [-0.3, -0.25) is 4.79 Å². The van der Waals surface area contributed by atoms with Gasteiger partial charge in [0.1, 0.15) is 12.4 Å². The van der Waals surface area contributed by atoms with Gasteiger partial charge in [0.15, 0.2) is 0 Å². The van der Waals surface area contributed by atoms with Crippen LogP contribution in [0.15, 0.2) is 48.5 Å². The van der Waals surface area contributed by atoms with Crippen LogP contribution in [0.5, 0.6) is 5.75 Å². The average Bonchev–Trinajstić information content (AvgIpc) is 2.56. The summed E-state index contributed by atoms with van der Waals surface area (Å²) < 4.78 is 5.67. The highest BCUT2D eigenvalue weighted by Gasteiger charge is 2.08. The number of amides is 1. The Labute approximate surface area is 152 Å². The molecule has 24 heavy (non-hydrogen) atoms. The fourth-order valence-electron chi connectivity index (χ4n) is 2.06. The lowest BCUT2D eigenvalue weighted by molar-refractivity contribution is -0.119. The van der Waals surface area contributed by atoms with Crippen LogP contribution in [0, 0.1) is 6.92 Å². The number of aryl methyl sites for hydroxylation is 1. The molecule has 1 N–H and O–H groups in total. The van der Waals surface area contributed by atoms with Crippen LogP contribution >= 0.6 is 23.4 Å². The van der Waals surface area contributed by atoms with E-state index in [-0.39, 0.29) is 11.9 Å². The van der Waals surface area contributed by atoms with Gasteiger partial charge in [-0.15, -0.1) is 11.8 Å². The first kappa shape index (κ1) is 18.7. The predicted molar refractivity (Wildman–Crippen MR) is 102 cm³/mol. The van der Waals surface area contributed by atoms with Crippen molar-refractivity contribution in [2.75, 3.05) is 12.4 Å². The second-order valence-electron chi connectivity index (χ2n) is 5.71. The number of carbonyl (C=O) groups excluding carboxylic acids is 1. The zero-order valence-corrected chi connectivity index (χ0v) is 15.5. The standard InChI is InChI=1S/C19H22ClNO2S/c1-14-3-9-18(10-4-14)23-11-15(2)21-19(22)13-24-12-16-5-7-17(20)8-6-16/h3-10,15H,11-13H2,1-2H3,(H,21,22)/t15-/m1/s1. The number of carbonyl (C=O) groups is 1. The number of nitrogens with one attached hydrogen (secondary N) is 1. The molecule has 2 aromatic rings. The van der Waals surface area contributed by atoms with Crippen LogP contribution in [0.2, 0.25) is 5.02 Å². The Morgan fingerprint density at radius 2 is 1.83 bits per heavy atom. The minimum atomic E-state index is -0.0325. The largest absolute Gasteiger partial charge is 0.491 e. The molecule has 2 aromatic carbocycles. The number of rotatable bonds is 8. The van der Waals surface area contributed by atoms with Crippen molar-refractivity contribution in [3.63, 3.8) is 0 Å². The third-order valence-corrected chi connectivity index (χ3v) is 4.60. The van der Waals surface area contributed by atoms with Gasteiger partial charge in [0.2, 0.25) is 5.91 Å². The first-order valence-corrected chi connectivity index (χ1v) is 9.37. The van der Waals surface area contributed by atoms with Crippen molar-refractivity contribution in [2.45, 2.75) is 25.6 Å². The molecule has 0 aliphatic rings. The Balaban J connectivity index is 1.64. The lowest BCUT2D eigenvalue weighted by Crippen LogP contribution is -2.37. The molecule has 0 heterocycles. The Hall–Kier alpha value is -1.65. The van der Waals surface area contributed by atoms with Gasteiger partial charge in [-0.25, -0.2) is 0 Å². The number of halogens is 1. The third kappa shape index (κ3) is 6.85. The van der Waals surface area contributed by atoms with Gasteiger partial charge < -0.3 is 10.1 Å². The monoisotopic (exact) mass is 363 g/mol. The van der Waals surface area contributed by atoms with Crippen LogP contribution in [-0.2, 0) is 10.5 Å². The maximum Gasteiger partial charge on any atom is 0.230 e. The first-order chi connectivity index (χ1) is 11.5. The van der Waals surface area contributed by atoms with E-state index in [1.54, 1.807) is 11.8 Å².